The van der Waals surface area contributed by atoms with E-state index in [1.54, 1.807) is 0 Å². The minimum atomic E-state index is -0.504. The molecule has 6 atom stereocenters. The summed E-state index contributed by atoms with van der Waals surface area (Å²) < 4.78 is 9.58. The second-order valence-corrected chi connectivity index (χ2v) is 6.27. The maximum Gasteiger partial charge on any atom is 0.317 e. The summed E-state index contributed by atoms with van der Waals surface area (Å²) in [5, 5.41) is 0. The van der Waals surface area contributed by atoms with Crippen molar-refractivity contribution < 1.29 is 28.7 Å². The predicted molar refractivity (Wildman–Crippen MR) is 68.6 cm³/mol. The molecule has 0 spiro atoms. The number of aldehydes is 1. The molecule has 6 nitrogen and oxygen atoms in total. The fraction of sp³-hybridized carbons (Fsp3) is 0.733. The molecule has 114 valence electrons. The van der Waals surface area contributed by atoms with Gasteiger partial charge in [0, 0.05) is 5.92 Å². The molecule has 6 heteroatoms. The van der Waals surface area contributed by atoms with Crippen molar-refractivity contribution in [2.24, 2.45) is 35.5 Å². The van der Waals surface area contributed by atoms with Crippen LogP contribution in [0.3, 0.4) is 0 Å². The van der Waals surface area contributed by atoms with Gasteiger partial charge in [0.15, 0.2) is 0 Å². The zero-order chi connectivity index (χ0) is 15.1. The lowest BCUT2D eigenvalue weighted by Gasteiger charge is -2.44. The third-order valence-electron chi connectivity index (χ3n) is 5.42. The van der Waals surface area contributed by atoms with Crippen LogP contribution in [0.4, 0.5) is 0 Å². The number of ether oxygens (including phenoxy) is 2. The van der Waals surface area contributed by atoms with Gasteiger partial charge in [-0.05, 0) is 37.5 Å². The number of carbonyl (C=O) groups is 4. The third-order valence-corrected chi connectivity index (χ3v) is 5.42. The van der Waals surface area contributed by atoms with Crippen LogP contribution in [0, 0.1) is 35.5 Å². The SMILES string of the molecule is COC(=O)C1C(C=O)CCC2CC3C(=O)OC(=O)C3CC21. The van der Waals surface area contributed by atoms with Gasteiger partial charge < -0.3 is 14.3 Å². The van der Waals surface area contributed by atoms with E-state index in [1.165, 1.54) is 7.11 Å². The third kappa shape index (κ3) is 2.17. The second-order valence-electron chi connectivity index (χ2n) is 6.27. The van der Waals surface area contributed by atoms with Gasteiger partial charge in [0.2, 0.25) is 0 Å². The van der Waals surface area contributed by atoms with Gasteiger partial charge in [-0.15, -0.1) is 0 Å². The highest BCUT2D eigenvalue weighted by Gasteiger charge is 2.55. The van der Waals surface area contributed by atoms with E-state index in [0.29, 0.717) is 19.3 Å². The highest BCUT2D eigenvalue weighted by Crippen LogP contribution is 2.51. The van der Waals surface area contributed by atoms with Crippen LogP contribution in [0.5, 0.6) is 0 Å². The summed E-state index contributed by atoms with van der Waals surface area (Å²) in [6, 6.07) is 0. The number of carbonyl (C=O) groups excluding carboxylic acids is 4. The van der Waals surface area contributed by atoms with Gasteiger partial charge >= 0.3 is 17.9 Å². The van der Waals surface area contributed by atoms with E-state index in [9.17, 15) is 19.2 Å². The van der Waals surface area contributed by atoms with Gasteiger partial charge in [-0.1, -0.05) is 0 Å². The van der Waals surface area contributed by atoms with Crippen LogP contribution in [0.25, 0.3) is 0 Å². The summed E-state index contributed by atoms with van der Waals surface area (Å²) in [5.74, 6) is -2.92. The van der Waals surface area contributed by atoms with Crippen LogP contribution < -0.4 is 0 Å². The van der Waals surface area contributed by atoms with Gasteiger partial charge in [0.25, 0.3) is 0 Å². The minimum absolute atomic E-state index is 0.0823. The molecule has 0 aromatic heterocycles. The molecule has 0 aromatic rings. The van der Waals surface area contributed by atoms with Crippen molar-refractivity contribution in [2.75, 3.05) is 7.11 Å². The van der Waals surface area contributed by atoms with Crippen molar-refractivity contribution in [1.29, 1.82) is 0 Å². The Morgan fingerprint density at radius 1 is 1.19 bits per heavy atom. The number of cyclic esters (lactones) is 2. The summed E-state index contributed by atoms with van der Waals surface area (Å²) in [6.07, 6.45) is 3.25. The van der Waals surface area contributed by atoms with Crippen LogP contribution in [0.15, 0.2) is 0 Å². The lowest BCUT2D eigenvalue weighted by Crippen LogP contribution is -2.46. The molecule has 3 rings (SSSR count). The molecule has 0 aromatic carbocycles. The molecule has 2 aliphatic carbocycles. The normalized spacial score (nSPS) is 41.8. The average Bonchev–Trinajstić information content (AvgIpc) is 2.77. The average molecular weight is 294 g/mol. The molecular formula is C15H18O6. The Bertz CT molecular complexity index is 498. The first kappa shape index (κ1) is 14.2. The van der Waals surface area contributed by atoms with E-state index < -0.39 is 29.7 Å². The maximum absolute atomic E-state index is 12.1. The van der Waals surface area contributed by atoms with E-state index in [2.05, 4.69) is 0 Å². The fourth-order valence-corrected chi connectivity index (χ4v) is 4.40. The first-order valence-corrected chi connectivity index (χ1v) is 7.35. The molecule has 3 fully saturated rings. The van der Waals surface area contributed by atoms with Gasteiger partial charge in [0.1, 0.15) is 6.29 Å². The minimum Gasteiger partial charge on any atom is -0.469 e. The first-order chi connectivity index (χ1) is 10.1. The van der Waals surface area contributed by atoms with E-state index in [-0.39, 0.29) is 23.7 Å². The zero-order valence-electron chi connectivity index (χ0n) is 11.8. The molecule has 0 bridgehead atoms. The van der Waals surface area contributed by atoms with E-state index in [0.717, 1.165) is 12.7 Å². The van der Waals surface area contributed by atoms with Crippen molar-refractivity contribution in [2.45, 2.75) is 25.7 Å². The molecule has 0 amide bonds. The summed E-state index contributed by atoms with van der Waals surface area (Å²) in [4.78, 5) is 46.8. The maximum atomic E-state index is 12.1. The molecule has 0 radical (unpaired) electrons. The zero-order valence-corrected chi connectivity index (χ0v) is 11.8. The molecule has 0 N–H and O–H groups in total. The number of rotatable bonds is 2. The smallest absolute Gasteiger partial charge is 0.317 e. The molecule has 21 heavy (non-hydrogen) atoms. The second kappa shape index (κ2) is 5.24. The van der Waals surface area contributed by atoms with E-state index >= 15 is 0 Å². The van der Waals surface area contributed by atoms with Crippen molar-refractivity contribution in [3.63, 3.8) is 0 Å². The highest BCUT2D eigenvalue weighted by molar-refractivity contribution is 5.96. The van der Waals surface area contributed by atoms with Crippen LogP contribution in [-0.2, 0) is 28.7 Å². The first-order valence-electron chi connectivity index (χ1n) is 7.35. The Hall–Kier alpha value is -1.72. The molecule has 6 unspecified atom stereocenters. The number of esters is 3. The molecule has 1 heterocycles. The van der Waals surface area contributed by atoms with Crippen LogP contribution in [0.1, 0.15) is 25.7 Å². The molecule has 2 saturated carbocycles. The van der Waals surface area contributed by atoms with E-state index in [4.69, 9.17) is 9.47 Å². The fourth-order valence-electron chi connectivity index (χ4n) is 4.40. The van der Waals surface area contributed by atoms with Crippen molar-refractivity contribution in [1.82, 2.24) is 0 Å². The molecular weight excluding hydrogens is 276 g/mol. The molecule has 1 aliphatic heterocycles. The number of hydrogen-bond donors (Lipinski definition) is 0. The molecule has 3 aliphatic rings. The summed E-state index contributed by atoms with van der Waals surface area (Å²) >= 11 is 0. The van der Waals surface area contributed by atoms with Gasteiger partial charge in [-0.25, -0.2) is 0 Å². The molecule has 1 saturated heterocycles. The Kier molecular flexibility index (Phi) is 3.55. The lowest BCUT2D eigenvalue weighted by atomic mass is 9.57. The van der Waals surface area contributed by atoms with Crippen LogP contribution in [-0.4, -0.2) is 31.3 Å². The van der Waals surface area contributed by atoms with E-state index in [1.807, 2.05) is 0 Å². The van der Waals surface area contributed by atoms with Crippen molar-refractivity contribution >= 4 is 24.2 Å². The number of hydrogen-bond acceptors (Lipinski definition) is 6. The van der Waals surface area contributed by atoms with Gasteiger partial charge in [-0.3, -0.25) is 14.4 Å². The van der Waals surface area contributed by atoms with Gasteiger partial charge in [0.05, 0.1) is 24.9 Å². The number of fused-ring (bicyclic) bond motifs is 2. The summed E-state index contributed by atoms with van der Waals surface area (Å²) in [7, 11) is 1.31. The summed E-state index contributed by atoms with van der Waals surface area (Å²) in [6.45, 7) is 0. The van der Waals surface area contributed by atoms with Crippen molar-refractivity contribution in [3.05, 3.63) is 0 Å². The summed E-state index contributed by atoms with van der Waals surface area (Å²) in [5.41, 5.74) is 0. The highest BCUT2D eigenvalue weighted by atomic mass is 16.6. The predicted octanol–water partition coefficient (Wildman–Crippen LogP) is 0.726. The standard InChI is InChI=1S/C15H18O6/c1-20-15(19)12-8(6-16)3-2-7-4-10-11(5-9(7)12)14(18)21-13(10)17/h6-12H,2-5H2,1H3. The Balaban J connectivity index is 1.88. The van der Waals surface area contributed by atoms with Gasteiger partial charge in [-0.2, -0.15) is 0 Å². The monoisotopic (exact) mass is 294 g/mol. The quantitative estimate of drug-likeness (QED) is 0.424. The topological polar surface area (TPSA) is 86.7 Å². The lowest BCUT2D eigenvalue weighted by molar-refractivity contribution is -0.157. The largest absolute Gasteiger partial charge is 0.469 e. The van der Waals surface area contributed by atoms with Crippen LogP contribution in [0.2, 0.25) is 0 Å². The Morgan fingerprint density at radius 2 is 1.86 bits per heavy atom. The Morgan fingerprint density at radius 3 is 2.48 bits per heavy atom. The number of methoxy groups -OCH3 is 1. The van der Waals surface area contributed by atoms with Crippen molar-refractivity contribution in [3.8, 4) is 0 Å². The Labute approximate surface area is 122 Å². The van der Waals surface area contributed by atoms with Crippen LogP contribution >= 0.6 is 0 Å².